The summed E-state index contributed by atoms with van der Waals surface area (Å²) in [6.45, 7) is 1.83. The van der Waals surface area contributed by atoms with E-state index < -0.39 is 9.84 Å². The number of methoxy groups -OCH3 is 1. The van der Waals surface area contributed by atoms with Crippen LogP contribution in [0.1, 0.15) is 24.8 Å². The van der Waals surface area contributed by atoms with Gasteiger partial charge in [-0.2, -0.15) is 0 Å². The first-order valence-corrected chi connectivity index (χ1v) is 10.8. The van der Waals surface area contributed by atoms with Crippen LogP contribution in [0.5, 0.6) is 5.75 Å². The van der Waals surface area contributed by atoms with Gasteiger partial charge >= 0.3 is 6.03 Å². The molecule has 1 atom stereocenters. The van der Waals surface area contributed by atoms with Gasteiger partial charge in [-0.25, -0.2) is 13.2 Å². The molecule has 0 aliphatic carbocycles. The Morgan fingerprint density at radius 2 is 2.04 bits per heavy atom. The number of amides is 2. The molecule has 1 heterocycles. The smallest absolute Gasteiger partial charge is 0.317 e. The van der Waals surface area contributed by atoms with E-state index in [1.54, 1.807) is 12.0 Å². The molecule has 0 saturated carbocycles. The molecule has 1 N–H and O–H groups in total. The topological polar surface area (TPSA) is 75.7 Å². The van der Waals surface area contributed by atoms with Crippen molar-refractivity contribution in [3.63, 3.8) is 0 Å². The molecule has 0 unspecified atom stereocenters. The fraction of sp³-hybridized carbons (Fsp3) is 0.611. The quantitative estimate of drug-likeness (QED) is 0.748. The third kappa shape index (κ3) is 6.94. The zero-order chi connectivity index (χ0) is 18.3. The van der Waals surface area contributed by atoms with Crippen LogP contribution in [0.3, 0.4) is 0 Å². The molecule has 25 heavy (non-hydrogen) atoms. The van der Waals surface area contributed by atoms with E-state index in [0.717, 1.165) is 31.4 Å². The fourth-order valence-electron chi connectivity index (χ4n) is 3.21. The van der Waals surface area contributed by atoms with E-state index in [1.165, 1.54) is 11.8 Å². The van der Waals surface area contributed by atoms with Crippen LogP contribution in [-0.4, -0.2) is 58.1 Å². The molecule has 0 bridgehead atoms. The third-order valence-corrected chi connectivity index (χ3v) is 5.50. The summed E-state index contributed by atoms with van der Waals surface area (Å²) in [7, 11) is -1.35. The molecule has 140 valence electrons. The first kappa shape index (κ1) is 19.6. The molecule has 1 aliphatic heterocycles. The molecular formula is C18H28N2O4S. The van der Waals surface area contributed by atoms with Gasteiger partial charge in [-0.3, -0.25) is 0 Å². The summed E-state index contributed by atoms with van der Waals surface area (Å²) in [5.74, 6) is 1.05. The lowest BCUT2D eigenvalue weighted by Gasteiger charge is -2.32. The summed E-state index contributed by atoms with van der Waals surface area (Å²) in [6.07, 6.45) is 4.73. The monoisotopic (exact) mass is 368 g/mol. The standard InChI is InChI=1S/C18H28N2O4S/c1-24-17-9-7-15(8-10-17)5-3-11-19-18(21)20-12-4-6-16(13-20)14-25(2,22)23/h7-10,16H,3-6,11-14H2,1-2H3,(H,19,21)/t16-/m1/s1. The number of rotatable bonds is 7. The van der Waals surface area contributed by atoms with Crippen molar-refractivity contribution < 1.29 is 17.9 Å². The zero-order valence-electron chi connectivity index (χ0n) is 15.0. The normalized spacial score (nSPS) is 18.0. The molecule has 6 nitrogen and oxygen atoms in total. The van der Waals surface area contributed by atoms with Gasteiger partial charge < -0.3 is 15.0 Å². The Labute approximate surface area is 150 Å². The van der Waals surface area contributed by atoms with Crippen molar-refractivity contribution in [1.29, 1.82) is 0 Å². The maximum atomic E-state index is 12.3. The minimum atomic E-state index is -3.00. The molecule has 1 fully saturated rings. The minimum Gasteiger partial charge on any atom is -0.497 e. The number of carbonyl (C=O) groups is 1. The molecule has 0 radical (unpaired) electrons. The number of hydrogen-bond donors (Lipinski definition) is 1. The minimum absolute atomic E-state index is 0.0498. The Bertz CT molecular complexity index is 658. The first-order chi connectivity index (χ1) is 11.9. The second kappa shape index (κ2) is 9.08. The number of urea groups is 1. The summed E-state index contributed by atoms with van der Waals surface area (Å²) in [4.78, 5) is 14.0. The summed E-state index contributed by atoms with van der Waals surface area (Å²) >= 11 is 0. The number of ether oxygens (including phenoxy) is 1. The highest BCUT2D eigenvalue weighted by Crippen LogP contribution is 2.18. The predicted octanol–water partition coefficient (Wildman–Crippen LogP) is 2.09. The maximum Gasteiger partial charge on any atom is 0.317 e. The number of piperidine rings is 1. The van der Waals surface area contributed by atoms with Gasteiger partial charge in [0.1, 0.15) is 15.6 Å². The van der Waals surface area contributed by atoms with Crippen LogP contribution in [0.2, 0.25) is 0 Å². The third-order valence-electron chi connectivity index (χ3n) is 4.42. The Balaban J connectivity index is 1.70. The number of nitrogens with zero attached hydrogens (tertiary/aromatic N) is 1. The van der Waals surface area contributed by atoms with Crippen LogP contribution in [0, 0.1) is 5.92 Å². The lowest BCUT2D eigenvalue weighted by atomic mass is 10.0. The Hall–Kier alpha value is -1.76. The van der Waals surface area contributed by atoms with Crippen LogP contribution in [0.25, 0.3) is 0 Å². The van der Waals surface area contributed by atoms with Gasteiger partial charge in [-0.1, -0.05) is 12.1 Å². The first-order valence-electron chi connectivity index (χ1n) is 8.71. The number of benzene rings is 1. The van der Waals surface area contributed by atoms with E-state index in [2.05, 4.69) is 5.32 Å². The van der Waals surface area contributed by atoms with E-state index in [9.17, 15) is 13.2 Å². The maximum absolute atomic E-state index is 12.3. The molecule has 1 aromatic rings. The summed E-state index contributed by atoms with van der Waals surface area (Å²) in [6, 6.07) is 7.84. The van der Waals surface area contributed by atoms with E-state index in [0.29, 0.717) is 19.6 Å². The van der Waals surface area contributed by atoms with Crippen molar-refractivity contribution >= 4 is 15.9 Å². The van der Waals surface area contributed by atoms with Gasteiger partial charge in [0.15, 0.2) is 0 Å². The fourth-order valence-corrected chi connectivity index (χ4v) is 4.33. The molecule has 1 saturated heterocycles. The summed E-state index contributed by atoms with van der Waals surface area (Å²) in [5, 5.41) is 2.94. The Kier molecular flexibility index (Phi) is 7.11. The van der Waals surface area contributed by atoms with Crippen molar-refractivity contribution in [3.8, 4) is 5.75 Å². The number of hydrogen-bond acceptors (Lipinski definition) is 4. The highest BCUT2D eigenvalue weighted by molar-refractivity contribution is 7.90. The van der Waals surface area contributed by atoms with Gasteiger partial charge in [0.2, 0.25) is 0 Å². The van der Waals surface area contributed by atoms with Crippen LogP contribution >= 0.6 is 0 Å². The van der Waals surface area contributed by atoms with E-state index >= 15 is 0 Å². The van der Waals surface area contributed by atoms with Crippen LogP contribution < -0.4 is 10.1 Å². The van der Waals surface area contributed by atoms with Crippen molar-refractivity contribution in [1.82, 2.24) is 10.2 Å². The van der Waals surface area contributed by atoms with Crippen molar-refractivity contribution in [2.24, 2.45) is 5.92 Å². The molecular weight excluding hydrogens is 340 g/mol. The van der Waals surface area contributed by atoms with Gasteiger partial charge in [0.05, 0.1) is 12.9 Å². The summed E-state index contributed by atoms with van der Waals surface area (Å²) in [5.41, 5.74) is 1.21. The number of nitrogens with one attached hydrogen (secondary N) is 1. The van der Waals surface area contributed by atoms with Gasteiger partial charge in [-0.15, -0.1) is 0 Å². The SMILES string of the molecule is COc1ccc(CCCNC(=O)N2CCC[C@@H](CS(C)(=O)=O)C2)cc1. The number of carbonyl (C=O) groups excluding carboxylic acids is 1. The Morgan fingerprint density at radius 3 is 2.68 bits per heavy atom. The predicted molar refractivity (Wildman–Crippen MR) is 98.7 cm³/mol. The highest BCUT2D eigenvalue weighted by atomic mass is 32.2. The van der Waals surface area contributed by atoms with E-state index in [-0.39, 0.29) is 17.7 Å². The molecule has 2 rings (SSSR count). The second-order valence-electron chi connectivity index (χ2n) is 6.73. The number of aryl methyl sites for hydroxylation is 1. The Morgan fingerprint density at radius 1 is 1.32 bits per heavy atom. The lowest BCUT2D eigenvalue weighted by molar-refractivity contribution is 0.170. The van der Waals surface area contributed by atoms with Crippen LogP contribution in [-0.2, 0) is 16.3 Å². The van der Waals surface area contributed by atoms with Crippen molar-refractivity contribution in [3.05, 3.63) is 29.8 Å². The lowest BCUT2D eigenvalue weighted by Crippen LogP contribution is -2.46. The number of sulfone groups is 1. The molecule has 2 amide bonds. The summed E-state index contributed by atoms with van der Waals surface area (Å²) < 4.78 is 28.0. The van der Waals surface area contributed by atoms with E-state index in [4.69, 9.17) is 4.74 Å². The molecule has 7 heteroatoms. The van der Waals surface area contributed by atoms with Crippen molar-refractivity contribution in [2.75, 3.05) is 38.8 Å². The zero-order valence-corrected chi connectivity index (χ0v) is 15.8. The van der Waals surface area contributed by atoms with Gasteiger partial charge in [-0.05, 0) is 49.3 Å². The van der Waals surface area contributed by atoms with Crippen LogP contribution in [0.15, 0.2) is 24.3 Å². The molecule has 1 aliphatic rings. The van der Waals surface area contributed by atoms with Gasteiger partial charge in [0.25, 0.3) is 0 Å². The largest absolute Gasteiger partial charge is 0.497 e. The number of likely N-dealkylation sites (tertiary alicyclic amines) is 1. The van der Waals surface area contributed by atoms with Crippen LogP contribution in [0.4, 0.5) is 4.79 Å². The molecule has 0 spiro atoms. The van der Waals surface area contributed by atoms with Crippen molar-refractivity contribution in [2.45, 2.75) is 25.7 Å². The highest BCUT2D eigenvalue weighted by Gasteiger charge is 2.25. The second-order valence-corrected chi connectivity index (χ2v) is 8.92. The van der Waals surface area contributed by atoms with E-state index in [1.807, 2.05) is 24.3 Å². The average molecular weight is 368 g/mol. The molecule has 0 aromatic heterocycles. The molecule has 1 aromatic carbocycles. The van der Waals surface area contributed by atoms with Gasteiger partial charge in [0, 0.05) is 25.9 Å². The average Bonchev–Trinajstić information content (AvgIpc) is 2.58.